The van der Waals surface area contributed by atoms with Gasteiger partial charge in [0.25, 0.3) is 0 Å². The van der Waals surface area contributed by atoms with E-state index >= 15 is 0 Å². The minimum atomic E-state index is -2.26. The van der Waals surface area contributed by atoms with E-state index in [4.69, 9.17) is 30.5 Å². The zero-order chi connectivity index (χ0) is 27.8. The molecule has 4 rings (SSSR count). The number of carbonyl (C=O) groups is 5. The summed E-state index contributed by atoms with van der Waals surface area (Å²) in [6.07, 6.45) is -0.849. The molecular formula is C26H31ClO10. The molecule has 1 N–H and O–H groups in total. The molecule has 3 fully saturated rings. The summed E-state index contributed by atoms with van der Waals surface area (Å²) in [4.78, 5) is 63.0. The van der Waals surface area contributed by atoms with Gasteiger partial charge >= 0.3 is 23.9 Å². The Kier molecular flexibility index (Phi) is 6.39. The number of rotatable bonds is 3. The zero-order valence-corrected chi connectivity index (χ0v) is 22.2. The monoisotopic (exact) mass is 538 g/mol. The van der Waals surface area contributed by atoms with Crippen LogP contribution >= 0.6 is 11.6 Å². The summed E-state index contributed by atoms with van der Waals surface area (Å²) in [5.74, 6) is -6.82. The van der Waals surface area contributed by atoms with Crippen LogP contribution in [0.15, 0.2) is 24.3 Å². The van der Waals surface area contributed by atoms with Crippen molar-refractivity contribution < 1.29 is 48.0 Å². The first kappa shape index (κ1) is 27.3. The summed E-state index contributed by atoms with van der Waals surface area (Å²) in [5.41, 5.74) is -4.90. The lowest BCUT2D eigenvalue weighted by Crippen LogP contribution is -2.65. The van der Waals surface area contributed by atoms with Gasteiger partial charge in [-0.15, -0.1) is 11.6 Å². The largest absolute Gasteiger partial charge is 0.459 e. The average molecular weight is 539 g/mol. The van der Waals surface area contributed by atoms with Crippen LogP contribution in [0.1, 0.15) is 41.5 Å². The van der Waals surface area contributed by atoms with Crippen molar-refractivity contribution in [3.8, 4) is 0 Å². The van der Waals surface area contributed by atoms with Crippen LogP contribution in [0.4, 0.5) is 0 Å². The predicted molar refractivity (Wildman–Crippen MR) is 127 cm³/mol. The zero-order valence-electron chi connectivity index (χ0n) is 21.5. The molecule has 0 aromatic heterocycles. The minimum absolute atomic E-state index is 0.116. The number of hydrogen-bond acceptors (Lipinski definition) is 10. The van der Waals surface area contributed by atoms with Crippen molar-refractivity contribution in [2.45, 2.75) is 76.4 Å². The molecule has 0 aromatic carbocycles. The fourth-order valence-electron chi connectivity index (χ4n) is 6.87. The number of ether oxygens (including phenoxy) is 4. The first-order valence-electron chi connectivity index (χ1n) is 12.0. The van der Waals surface area contributed by atoms with Crippen LogP contribution in [0.5, 0.6) is 0 Å². The van der Waals surface area contributed by atoms with Gasteiger partial charge in [0.05, 0.1) is 17.2 Å². The van der Waals surface area contributed by atoms with E-state index in [2.05, 4.69) is 6.58 Å². The van der Waals surface area contributed by atoms with Gasteiger partial charge in [-0.1, -0.05) is 19.6 Å². The first-order chi connectivity index (χ1) is 17.0. The van der Waals surface area contributed by atoms with Crippen LogP contribution in [-0.4, -0.2) is 69.7 Å². The van der Waals surface area contributed by atoms with E-state index in [9.17, 15) is 29.1 Å². The highest BCUT2D eigenvalue weighted by atomic mass is 35.5. The van der Waals surface area contributed by atoms with Crippen LogP contribution in [0.3, 0.4) is 0 Å². The van der Waals surface area contributed by atoms with Gasteiger partial charge in [0.1, 0.15) is 12.2 Å². The van der Waals surface area contributed by atoms with Crippen molar-refractivity contribution in [1.29, 1.82) is 0 Å². The predicted octanol–water partition coefficient (Wildman–Crippen LogP) is 1.65. The smallest absolute Gasteiger partial charge is 0.312 e. The molecule has 3 aliphatic carbocycles. The number of hydrogen-bond donors (Lipinski definition) is 1. The van der Waals surface area contributed by atoms with E-state index in [1.165, 1.54) is 20.8 Å². The molecule has 0 aromatic rings. The summed E-state index contributed by atoms with van der Waals surface area (Å²) in [6.45, 7) is 12.0. The quantitative estimate of drug-likeness (QED) is 0.244. The van der Waals surface area contributed by atoms with Gasteiger partial charge in [0.15, 0.2) is 23.1 Å². The Morgan fingerprint density at radius 3 is 2.19 bits per heavy atom. The van der Waals surface area contributed by atoms with E-state index < -0.39 is 93.6 Å². The van der Waals surface area contributed by atoms with Gasteiger partial charge in [-0.3, -0.25) is 24.0 Å². The van der Waals surface area contributed by atoms with Crippen LogP contribution < -0.4 is 0 Å². The molecule has 11 atom stereocenters. The lowest BCUT2D eigenvalue weighted by molar-refractivity contribution is -0.214. The highest BCUT2D eigenvalue weighted by Crippen LogP contribution is 2.75. The summed E-state index contributed by atoms with van der Waals surface area (Å²) in [7, 11) is 0. The number of alkyl halides is 1. The maximum absolute atomic E-state index is 13.8. The molecule has 0 unspecified atom stereocenters. The molecule has 11 heteroatoms. The Hall–Kier alpha value is -2.72. The Balaban J connectivity index is 2.00. The van der Waals surface area contributed by atoms with E-state index in [-0.39, 0.29) is 5.57 Å². The van der Waals surface area contributed by atoms with Crippen molar-refractivity contribution >= 4 is 41.3 Å². The first-order valence-corrected chi connectivity index (χ1v) is 12.5. The summed E-state index contributed by atoms with van der Waals surface area (Å²) >= 11 is 6.74. The molecule has 2 saturated carbocycles. The molecule has 0 amide bonds. The number of ketones is 1. The average Bonchev–Trinajstić information content (AvgIpc) is 3.23. The molecule has 4 aliphatic rings. The third-order valence-corrected chi connectivity index (χ3v) is 9.11. The molecule has 0 bridgehead atoms. The van der Waals surface area contributed by atoms with E-state index in [0.717, 1.165) is 13.8 Å². The van der Waals surface area contributed by atoms with E-state index in [1.807, 2.05) is 0 Å². The highest BCUT2D eigenvalue weighted by molar-refractivity contribution is 6.23. The number of esters is 4. The van der Waals surface area contributed by atoms with Gasteiger partial charge in [-0.05, 0) is 36.8 Å². The second-order valence-electron chi connectivity index (χ2n) is 10.8. The third-order valence-electron chi connectivity index (χ3n) is 8.60. The fourth-order valence-corrected chi connectivity index (χ4v) is 7.25. The number of Topliss-reactive ketones (excluding diaryl/α,β-unsaturated/α-hetero) is 1. The normalized spacial score (nSPS) is 47.1. The number of halogens is 1. The Morgan fingerprint density at radius 2 is 1.65 bits per heavy atom. The summed E-state index contributed by atoms with van der Waals surface area (Å²) in [6, 6.07) is 0. The van der Waals surface area contributed by atoms with Crippen LogP contribution in [0.2, 0.25) is 0 Å². The van der Waals surface area contributed by atoms with Gasteiger partial charge in [-0.25, -0.2) is 0 Å². The SMILES string of the molecule is C=C1[C@@H](OC(C)=O)/C=C\[C@H]2[C@H]3C(=O)[C@@](C)(OC(C)=O)[C@H]([C@H](OC(C)=O)[C@]4(O)[C@@H](C)C(=O)O[C@H]4[C@H]1Cl)[C@]32C. The van der Waals surface area contributed by atoms with Crippen molar-refractivity contribution in [3.05, 3.63) is 24.3 Å². The van der Waals surface area contributed by atoms with Gasteiger partial charge in [-0.2, -0.15) is 0 Å². The highest BCUT2D eigenvalue weighted by Gasteiger charge is 2.84. The molecule has 202 valence electrons. The van der Waals surface area contributed by atoms with Crippen molar-refractivity contribution in [2.75, 3.05) is 0 Å². The van der Waals surface area contributed by atoms with Crippen LogP contribution in [-0.2, 0) is 42.9 Å². The molecular weight excluding hydrogens is 508 g/mol. The van der Waals surface area contributed by atoms with E-state index in [0.29, 0.717) is 0 Å². The summed E-state index contributed by atoms with van der Waals surface area (Å²) in [5, 5.41) is 11.0. The maximum atomic E-state index is 13.8. The summed E-state index contributed by atoms with van der Waals surface area (Å²) < 4.78 is 22.3. The lowest BCUT2D eigenvalue weighted by Gasteiger charge is -2.47. The third kappa shape index (κ3) is 3.74. The number of carbonyl (C=O) groups excluding carboxylic acids is 5. The minimum Gasteiger partial charge on any atom is -0.459 e. The second-order valence-corrected chi connectivity index (χ2v) is 11.3. The van der Waals surface area contributed by atoms with Crippen LogP contribution in [0.25, 0.3) is 0 Å². The molecule has 0 radical (unpaired) electrons. The van der Waals surface area contributed by atoms with Crippen molar-refractivity contribution in [3.63, 3.8) is 0 Å². The number of fused-ring (bicyclic) bond motifs is 2. The van der Waals surface area contributed by atoms with Gasteiger partial charge in [0.2, 0.25) is 0 Å². The topological polar surface area (TPSA) is 143 Å². The van der Waals surface area contributed by atoms with Gasteiger partial charge in [0, 0.05) is 26.7 Å². The molecule has 0 spiro atoms. The Morgan fingerprint density at radius 1 is 1.05 bits per heavy atom. The van der Waals surface area contributed by atoms with E-state index in [1.54, 1.807) is 19.1 Å². The molecule has 1 aliphatic heterocycles. The molecule has 1 heterocycles. The van der Waals surface area contributed by atoms with Crippen LogP contribution in [0, 0.1) is 29.1 Å². The molecule has 37 heavy (non-hydrogen) atoms. The fraction of sp³-hybridized carbons (Fsp3) is 0.654. The maximum Gasteiger partial charge on any atom is 0.312 e. The molecule has 1 saturated heterocycles. The Bertz CT molecular complexity index is 1130. The van der Waals surface area contributed by atoms with Crippen molar-refractivity contribution in [1.82, 2.24) is 0 Å². The second kappa shape index (κ2) is 8.66. The van der Waals surface area contributed by atoms with Crippen molar-refractivity contribution in [2.24, 2.45) is 29.1 Å². The molecule has 10 nitrogen and oxygen atoms in total. The Labute approximate surface area is 219 Å². The number of aliphatic hydroxyl groups is 1. The number of allylic oxidation sites excluding steroid dienone is 1. The standard InChI is InChI=1S/C26H31ClO10/c1-10-16(34-12(3)28)9-8-15-17-20(31)25(7,37-14(5)30)19(24(15,17)6)22(35-13(4)29)26(33)11(2)23(32)36-21(26)18(10)27/h8-9,11,15-19,21-22,33H,1H2,2-7H3/b9-8-/t11-,15-,16-,17-,18-,19+,21-,22-,24-,25-,26-/m0/s1. The van der Waals surface area contributed by atoms with Gasteiger partial charge < -0.3 is 24.1 Å². The lowest BCUT2D eigenvalue weighted by atomic mass is 9.66.